The second-order valence-corrected chi connectivity index (χ2v) is 13.1. The van der Waals surface area contributed by atoms with Gasteiger partial charge in [-0.3, -0.25) is 4.79 Å². The van der Waals surface area contributed by atoms with E-state index in [1.54, 1.807) is 29.7 Å². The van der Waals surface area contributed by atoms with E-state index in [0.29, 0.717) is 46.9 Å². The summed E-state index contributed by atoms with van der Waals surface area (Å²) in [6, 6.07) is 23.0. The van der Waals surface area contributed by atoms with E-state index in [-0.39, 0.29) is 11.3 Å². The van der Waals surface area contributed by atoms with E-state index in [2.05, 4.69) is 26.1 Å². The molecule has 42 heavy (non-hydrogen) atoms. The first-order chi connectivity index (χ1) is 20.2. The van der Waals surface area contributed by atoms with Crippen molar-refractivity contribution < 1.29 is 14.3 Å². The van der Waals surface area contributed by atoms with Gasteiger partial charge in [-0.25, -0.2) is 4.99 Å². The number of hydrogen-bond acceptors (Lipinski definition) is 5. The van der Waals surface area contributed by atoms with E-state index in [1.807, 2.05) is 67.6 Å². The molecule has 0 radical (unpaired) electrons. The van der Waals surface area contributed by atoms with Gasteiger partial charge in [0.15, 0.2) is 11.5 Å². The number of rotatable bonds is 9. The Bertz CT molecular complexity index is 1560. The molecule has 218 valence electrons. The number of aliphatic imine (C=N–C) groups is 1. The summed E-state index contributed by atoms with van der Waals surface area (Å²) in [6.45, 7) is 9.82. The zero-order valence-electron chi connectivity index (χ0n) is 24.6. The summed E-state index contributed by atoms with van der Waals surface area (Å²) in [6.07, 6.45) is 4.69. The molecule has 1 N–H and O–H groups in total. The number of halogens is 1. The molecule has 4 aromatic rings. The Morgan fingerprint density at radius 3 is 2.52 bits per heavy atom. The molecule has 1 amide bonds. The zero-order valence-corrected chi connectivity index (χ0v) is 26.1. The first-order valence-corrected chi connectivity index (χ1v) is 15.6. The van der Waals surface area contributed by atoms with E-state index in [1.165, 1.54) is 4.88 Å². The fourth-order valence-corrected chi connectivity index (χ4v) is 6.62. The molecule has 0 aliphatic heterocycles. The van der Waals surface area contributed by atoms with Crippen LogP contribution in [0.2, 0.25) is 5.02 Å². The van der Waals surface area contributed by atoms with Gasteiger partial charge in [-0.2, -0.15) is 0 Å². The van der Waals surface area contributed by atoms with Crippen molar-refractivity contribution in [3.8, 4) is 11.5 Å². The van der Waals surface area contributed by atoms with E-state index >= 15 is 0 Å². The monoisotopic (exact) mass is 600 g/mol. The van der Waals surface area contributed by atoms with Crippen molar-refractivity contribution in [2.45, 2.75) is 53.6 Å². The number of ether oxygens (including phenoxy) is 2. The molecule has 0 bridgehead atoms. The third-order valence-corrected chi connectivity index (χ3v) is 9.05. The lowest BCUT2D eigenvalue weighted by Crippen LogP contribution is -2.27. The third kappa shape index (κ3) is 7.23. The van der Waals surface area contributed by atoms with Crippen LogP contribution >= 0.6 is 22.9 Å². The van der Waals surface area contributed by atoms with Crippen LogP contribution in [0, 0.1) is 11.3 Å². The van der Waals surface area contributed by atoms with E-state index < -0.39 is 0 Å². The van der Waals surface area contributed by atoms with Crippen molar-refractivity contribution in [3.63, 3.8) is 0 Å². The number of nitrogens with one attached hydrogen (secondary N) is 1. The van der Waals surface area contributed by atoms with Gasteiger partial charge in [0.05, 0.1) is 12.2 Å². The molecule has 0 spiro atoms. The molecule has 1 aromatic heterocycles. The summed E-state index contributed by atoms with van der Waals surface area (Å²) in [5, 5.41) is 4.41. The Morgan fingerprint density at radius 1 is 1.05 bits per heavy atom. The molecule has 0 saturated heterocycles. The number of carbonyl (C=O) groups excluding carboxylic acids is 1. The molecule has 5 nitrogen and oxygen atoms in total. The number of amides is 1. The fourth-order valence-electron chi connectivity index (χ4n) is 5.22. The van der Waals surface area contributed by atoms with Crippen LogP contribution in [0.4, 0.5) is 10.7 Å². The summed E-state index contributed by atoms with van der Waals surface area (Å²) < 4.78 is 12.0. The Balaban J connectivity index is 1.43. The maximum Gasteiger partial charge on any atom is 0.259 e. The number of carbonyl (C=O) groups is 1. The number of anilines is 1. The average molecular weight is 601 g/mol. The summed E-state index contributed by atoms with van der Waals surface area (Å²) in [5.41, 5.74) is 4.66. The number of thiophene rings is 1. The summed E-state index contributed by atoms with van der Waals surface area (Å²) in [4.78, 5) is 19.8. The SMILES string of the molecule is CCOc1cc(C=Nc2sc3c(c2C(=O)Nc2ccc(Cl)cc2)CC[C@H](C(C)(C)C)C3)ccc1OCc1ccccc1. The largest absolute Gasteiger partial charge is 0.490 e. The number of nitrogens with zero attached hydrogens (tertiary/aromatic N) is 1. The highest BCUT2D eigenvalue weighted by molar-refractivity contribution is 7.16. The maximum absolute atomic E-state index is 13.7. The quantitative estimate of drug-likeness (QED) is 0.195. The molecule has 7 heteroatoms. The minimum Gasteiger partial charge on any atom is -0.490 e. The van der Waals surface area contributed by atoms with Crippen LogP contribution in [0.25, 0.3) is 0 Å². The second kappa shape index (κ2) is 13.1. The zero-order chi connectivity index (χ0) is 29.7. The van der Waals surface area contributed by atoms with Gasteiger partial charge >= 0.3 is 0 Å². The van der Waals surface area contributed by atoms with Gasteiger partial charge < -0.3 is 14.8 Å². The van der Waals surface area contributed by atoms with Crippen LogP contribution < -0.4 is 14.8 Å². The second-order valence-electron chi connectivity index (χ2n) is 11.6. The lowest BCUT2D eigenvalue weighted by molar-refractivity contribution is 0.102. The molecule has 0 saturated carbocycles. The molecule has 1 aliphatic rings. The predicted molar refractivity (Wildman–Crippen MR) is 174 cm³/mol. The summed E-state index contributed by atoms with van der Waals surface area (Å²) >= 11 is 7.69. The van der Waals surface area contributed by atoms with Gasteiger partial charge in [-0.15, -0.1) is 11.3 Å². The highest BCUT2D eigenvalue weighted by atomic mass is 35.5. The molecular formula is C35H37ClN2O3S. The molecular weight excluding hydrogens is 564 g/mol. The predicted octanol–water partition coefficient (Wildman–Crippen LogP) is 9.53. The van der Waals surface area contributed by atoms with Crippen LogP contribution in [0.15, 0.2) is 77.8 Å². The molecule has 3 aromatic carbocycles. The van der Waals surface area contributed by atoms with E-state index in [0.717, 1.165) is 41.0 Å². The van der Waals surface area contributed by atoms with Crippen LogP contribution in [0.1, 0.15) is 66.0 Å². The van der Waals surface area contributed by atoms with Crippen molar-refractivity contribution in [1.29, 1.82) is 0 Å². The smallest absolute Gasteiger partial charge is 0.259 e. The molecule has 0 unspecified atom stereocenters. The van der Waals surface area contributed by atoms with Crippen LogP contribution in [-0.4, -0.2) is 18.7 Å². The fraction of sp³-hybridized carbons (Fsp3) is 0.314. The first-order valence-electron chi connectivity index (χ1n) is 14.4. The molecule has 0 fully saturated rings. The topological polar surface area (TPSA) is 59.9 Å². The molecule has 1 heterocycles. The number of fused-ring (bicyclic) bond motifs is 1. The van der Waals surface area contributed by atoms with Crippen molar-refractivity contribution >= 4 is 45.7 Å². The van der Waals surface area contributed by atoms with Gasteiger partial charge in [0.1, 0.15) is 11.6 Å². The van der Waals surface area contributed by atoms with E-state index in [9.17, 15) is 4.79 Å². The average Bonchev–Trinajstić information content (AvgIpc) is 3.35. The third-order valence-electron chi connectivity index (χ3n) is 7.64. The van der Waals surface area contributed by atoms with Crippen molar-refractivity contribution in [3.05, 3.63) is 105 Å². The van der Waals surface area contributed by atoms with Crippen LogP contribution in [0.3, 0.4) is 0 Å². The van der Waals surface area contributed by atoms with E-state index in [4.69, 9.17) is 26.1 Å². The highest BCUT2D eigenvalue weighted by Gasteiger charge is 2.33. The Hall–Kier alpha value is -3.61. The van der Waals surface area contributed by atoms with Crippen molar-refractivity contribution in [1.82, 2.24) is 0 Å². The van der Waals surface area contributed by atoms with Gasteiger partial charge in [0.2, 0.25) is 0 Å². The summed E-state index contributed by atoms with van der Waals surface area (Å²) in [5.74, 6) is 1.76. The first kappa shape index (κ1) is 29.9. The normalized spacial score (nSPS) is 14.9. The molecule has 1 atom stereocenters. The van der Waals surface area contributed by atoms with Gasteiger partial charge in [-0.1, -0.05) is 62.7 Å². The lowest BCUT2D eigenvalue weighted by Gasteiger charge is -2.33. The Kier molecular flexibility index (Phi) is 9.34. The van der Waals surface area contributed by atoms with Crippen LogP contribution in [-0.2, 0) is 19.4 Å². The molecule has 1 aliphatic carbocycles. The van der Waals surface area contributed by atoms with Gasteiger partial charge in [0.25, 0.3) is 5.91 Å². The van der Waals surface area contributed by atoms with Crippen LogP contribution in [0.5, 0.6) is 11.5 Å². The van der Waals surface area contributed by atoms with Gasteiger partial charge in [0, 0.05) is 21.8 Å². The maximum atomic E-state index is 13.7. The van der Waals surface area contributed by atoms with Gasteiger partial charge in [-0.05, 0) is 96.7 Å². The summed E-state index contributed by atoms with van der Waals surface area (Å²) in [7, 11) is 0. The minimum absolute atomic E-state index is 0.143. The minimum atomic E-state index is -0.143. The number of benzene rings is 3. The number of hydrogen-bond donors (Lipinski definition) is 1. The van der Waals surface area contributed by atoms with Crippen molar-refractivity contribution in [2.75, 3.05) is 11.9 Å². The highest BCUT2D eigenvalue weighted by Crippen LogP contribution is 2.45. The Labute approximate surface area is 257 Å². The molecule has 5 rings (SSSR count). The lowest BCUT2D eigenvalue weighted by atomic mass is 9.72. The Morgan fingerprint density at radius 2 is 1.81 bits per heavy atom. The van der Waals surface area contributed by atoms with Crippen molar-refractivity contribution in [2.24, 2.45) is 16.3 Å². The standard InChI is InChI=1S/C35H37ClN2O3S/c1-5-40-30-19-24(11-18-29(30)41-22-23-9-7-6-8-10-23)21-37-34-32(33(39)38-27-15-13-26(36)14-16-27)28-17-12-25(35(2,3)4)20-31(28)42-34/h6-11,13-16,18-19,21,25H,5,12,17,20,22H2,1-4H3,(H,38,39)/t25-/m0/s1.